The van der Waals surface area contributed by atoms with Crippen molar-refractivity contribution in [3.05, 3.63) is 59.7 Å². The van der Waals surface area contributed by atoms with Gasteiger partial charge in [-0.3, -0.25) is 9.69 Å². The van der Waals surface area contributed by atoms with E-state index in [1.54, 1.807) is 35.2 Å². The number of hydrogen-bond donors (Lipinski definition) is 0. The van der Waals surface area contributed by atoms with E-state index in [1.165, 1.54) is 0 Å². The monoisotopic (exact) mass is 538 g/mol. The van der Waals surface area contributed by atoms with Crippen LogP contribution >= 0.6 is 0 Å². The molecule has 2 aromatic rings. The fraction of sp³-hybridized carbons (Fsp3) is 0.440. The molecule has 4 rings (SSSR count). The predicted molar refractivity (Wildman–Crippen MR) is 134 cm³/mol. The molecule has 12 heteroatoms. The van der Waals surface area contributed by atoms with Crippen molar-refractivity contribution in [1.82, 2.24) is 9.21 Å². The number of anilines is 2. The lowest BCUT2D eigenvalue weighted by atomic mass is 10.1. The van der Waals surface area contributed by atoms with Gasteiger partial charge in [0.1, 0.15) is 6.04 Å². The first-order valence-corrected chi connectivity index (χ1v) is 13.5. The summed E-state index contributed by atoms with van der Waals surface area (Å²) in [5, 5.41) is 0. The summed E-state index contributed by atoms with van der Waals surface area (Å²) in [5.41, 5.74) is 3.61. The van der Waals surface area contributed by atoms with Gasteiger partial charge in [0, 0.05) is 37.6 Å². The molecule has 2 aromatic carbocycles. The number of sulfonamides is 1. The van der Waals surface area contributed by atoms with Crippen LogP contribution in [-0.2, 0) is 14.8 Å². The van der Waals surface area contributed by atoms with Crippen LogP contribution in [0.15, 0.2) is 48.5 Å². The smallest absolute Gasteiger partial charge is 0.368 e. The normalized spacial score (nSPS) is 19.1. The molecule has 2 aliphatic rings. The van der Waals surface area contributed by atoms with Gasteiger partial charge < -0.3 is 9.80 Å². The van der Waals surface area contributed by atoms with Crippen molar-refractivity contribution in [3.8, 4) is 0 Å². The molecule has 0 saturated carbocycles. The molecular formula is C25H29F3N4O4S. The highest BCUT2D eigenvalue weighted by molar-refractivity contribution is 7.89. The van der Waals surface area contributed by atoms with Gasteiger partial charge in [-0.05, 0) is 43.2 Å². The Morgan fingerprint density at radius 2 is 1.65 bits per heavy atom. The predicted octanol–water partition coefficient (Wildman–Crippen LogP) is 3.55. The van der Waals surface area contributed by atoms with E-state index >= 15 is 0 Å². The second-order valence-corrected chi connectivity index (χ2v) is 11.3. The summed E-state index contributed by atoms with van der Waals surface area (Å²) < 4.78 is 64.0. The van der Waals surface area contributed by atoms with Crippen LogP contribution in [0.4, 0.5) is 29.3 Å². The molecule has 0 unspecified atom stereocenters. The number of aryl methyl sites for hydroxylation is 2. The number of rotatable bonds is 6. The molecule has 0 N–H and O–H groups in total. The van der Waals surface area contributed by atoms with Crippen LogP contribution in [0, 0.1) is 13.8 Å². The van der Waals surface area contributed by atoms with Crippen molar-refractivity contribution in [2.45, 2.75) is 32.5 Å². The van der Waals surface area contributed by atoms with Gasteiger partial charge in [-0.25, -0.2) is 17.5 Å². The molecule has 2 fully saturated rings. The SMILES string of the molecule is Cc1ccc(C)c(N2CCN(C(=O)[C@@H]3CN(S(=O)(=O)CCC(F)(F)F)C(=O)N3c3ccccc3)CC2)c1. The highest BCUT2D eigenvalue weighted by atomic mass is 32.2. The van der Waals surface area contributed by atoms with Crippen molar-refractivity contribution in [2.75, 3.05) is 48.3 Å². The van der Waals surface area contributed by atoms with Gasteiger partial charge in [-0.2, -0.15) is 13.2 Å². The Labute approximate surface area is 214 Å². The Morgan fingerprint density at radius 1 is 1.00 bits per heavy atom. The summed E-state index contributed by atoms with van der Waals surface area (Å²) in [5.74, 6) is -1.70. The van der Waals surface area contributed by atoms with Crippen LogP contribution in [-0.4, -0.2) is 80.3 Å². The van der Waals surface area contributed by atoms with E-state index in [-0.39, 0.29) is 0 Å². The van der Waals surface area contributed by atoms with Gasteiger partial charge in [0.05, 0.1) is 18.7 Å². The van der Waals surface area contributed by atoms with Crippen molar-refractivity contribution in [2.24, 2.45) is 0 Å². The number of benzene rings is 2. The molecule has 3 amide bonds. The first kappa shape index (κ1) is 26.8. The van der Waals surface area contributed by atoms with Gasteiger partial charge >= 0.3 is 12.2 Å². The molecule has 2 aliphatic heterocycles. The molecular weight excluding hydrogens is 509 g/mol. The maximum Gasteiger partial charge on any atom is 0.390 e. The number of para-hydroxylation sites is 1. The van der Waals surface area contributed by atoms with Crippen molar-refractivity contribution >= 4 is 33.3 Å². The first-order valence-electron chi connectivity index (χ1n) is 11.9. The summed E-state index contributed by atoms with van der Waals surface area (Å²) in [6.45, 7) is 5.31. The van der Waals surface area contributed by atoms with Crippen molar-refractivity contribution < 1.29 is 31.2 Å². The van der Waals surface area contributed by atoms with E-state index in [2.05, 4.69) is 11.0 Å². The number of carbonyl (C=O) groups excluding carboxylic acids is 2. The lowest BCUT2D eigenvalue weighted by Gasteiger charge is -2.38. The number of alkyl halides is 3. The van der Waals surface area contributed by atoms with Crippen LogP contribution in [0.1, 0.15) is 17.5 Å². The molecule has 8 nitrogen and oxygen atoms in total. The number of halogens is 3. The minimum absolute atomic E-state index is 0.299. The second kappa shape index (κ2) is 10.2. The molecule has 0 radical (unpaired) electrons. The lowest BCUT2D eigenvalue weighted by molar-refractivity contribution is -0.132. The zero-order chi connectivity index (χ0) is 27.0. The summed E-state index contributed by atoms with van der Waals surface area (Å²) in [4.78, 5) is 31.6. The molecule has 37 heavy (non-hydrogen) atoms. The Balaban J connectivity index is 1.54. The van der Waals surface area contributed by atoms with E-state index in [4.69, 9.17) is 0 Å². The quantitative estimate of drug-likeness (QED) is 0.562. The van der Waals surface area contributed by atoms with Gasteiger partial charge in [0.2, 0.25) is 15.9 Å². The Morgan fingerprint density at radius 3 is 2.27 bits per heavy atom. The number of piperazine rings is 1. The Hall–Kier alpha value is -3.28. The summed E-state index contributed by atoms with van der Waals surface area (Å²) in [6.07, 6.45) is -6.27. The maximum atomic E-state index is 13.6. The summed E-state index contributed by atoms with van der Waals surface area (Å²) in [7, 11) is -4.59. The van der Waals surface area contributed by atoms with E-state index in [0.29, 0.717) is 36.2 Å². The van der Waals surface area contributed by atoms with E-state index < -0.39 is 52.9 Å². The third-order valence-electron chi connectivity index (χ3n) is 6.67. The van der Waals surface area contributed by atoms with Gasteiger partial charge in [0.25, 0.3) is 0 Å². The van der Waals surface area contributed by atoms with Crippen LogP contribution in [0.25, 0.3) is 0 Å². The second-order valence-electron chi connectivity index (χ2n) is 9.32. The van der Waals surface area contributed by atoms with Gasteiger partial charge in [0.15, 0.2) is 0 Å². The third-order valence-corrected chi connectivity index (χ3v) is 8.36. The minimum Gasteiger partial charge on any atom is -0.368 e. The molecule has 0 spiro atoms. The fourth-order valence-electron chi connectivity index (χ4n) is 4.66. The molecule has 0 bridgehead atoms. The average Bonchev–Trinajstić information content (AvgIpc) is 3.22. The van der Waals surface area contributed by atoms with Crippen molar-refractivity contribution in [1.29, 1.82) is 0 Å². The van der Waals surface area contributed by atoms with E-state index in [1.807, 2.05) is 26.0 Å². The number of urea groups is 1. The third kappa shape index (κ3) is 5.84. The fourth-order valence-corrected chi connectivity index (χ4v) is 6.07. The van der Waals surface area contributed by atoms with Crippen LogP contribution in [0.2, 0.25) is 0 Å². The average molecular weight is 539 g/mol. The molecule has 2 saturated heterocycles. The molecule has 0 aliphatic carbocycles. The summed E-state index contributed by atoms with van der Waals surface area (Å²) >= 11 is 0. The zero-order valence-electron chi connectivity index (χ0n) is 20.6. The highest BCUT2D eigenvalue weighted by Gasteiger charge is 2.49. The number of hydrogen-bond acceptors (Lipinski definition) is 5. The van der Waals surface area contributed by atoms with Gasteiger partial charge in [-0.15, -0.1) is 0 Å². The number of nitrogens with zero attached hydrogens (tertiary/aromatic N) is 4. The molecule has 2 heterocycles. The highest BCUT2D eigenvalue weighted by Crippen LogP contribution is 2.30. The van der Waals surface area contributed by atoms with Gasteiger partial charge in [-0.1, -0.05) is 30.3 Å². The Bertz CT molecular complexity index is 1260. The van der Waals surface area contributed by atoms with Crippen LogP contribution in [0.3, 0.4) is 0 Å². The first-order chi connectivity index (χ1) is 17.4. The van der Waals surface area contributed by atoms with Crippen molar-refractivity contribution in [3.63, 3.8) is 0 Å². The van der Waals surface area contributed by atoms with E-state index in [9.17, 15) is 31.2 Å². The standard InChI is InChI=1S/C25H29F3N4O4S/c1-18-8-9-19(2)21(16-18)29-11-13-30(14-12-29)23(33)22-17-31(37(35,36)15-10-25(26,27)28)24(34)32(22)20-6-4-3-5-7-20/h3-9,16,22H,10-15,17H2,1-2H3/t22-/m0/s1. The molecule has 200 valence electrons. The number of carbonyl (C=O) groups is 2. The maximum absolute atomic E-state index is 13.6. The molecule has 1 atom stereocenters. The lowest BCUT2D eigenvalue weighted by Crippen LogP contribution is -2.55. The molecule has 0 aromatic heterocycles. The largest absolute Gasteiger partial charge is 0.390 e. The minimum atomic E-state index is -4.69. The van der Waals surface area contributed by atoms with E-state index in [0.717, 1.165) is 21.7 Å². The van der Waals surface area contributed by atoms with Crippen LogP contribution < -0.4 is 9.80 Å². The topological polar surface area (TPSA) is 81.2 Å². The zero-order valence-corrected chi connectivity index (χ0v) is 21.4. The Kier molecular flexibility index (Phi) is 7.40. The van der Waals surface area contributed by atoms with Crippen LogP contribution in [0.5, 0.6) is 0 Å². The number of amides is 3. The summed E-state index contributed by atoms with van der Waals surface area (Å²) in [6, 6.07) is 12.0.